The number of esters is 2. The van der Waals surface area contributed by atoms with Crippen LogP contribution in [0.3, 0.4) is 0 Å². The first-order valence-corrected chi connectivity index (χ1v) is 28.3. The summed E-state index contributed by atoms with van der Waals surface area (Å²) in [5.74, 6) is -0.0823. The second kappa shape index (κ2) is 24.2. The Balaban J connectivity index is 0.000000212. The van der Waals surface area contributed by atoms with Crippen molar-refractivity contribution in [2.75, 3.05) is 0 Å². The molecule has 3 aromatic carbocycles. The van der Waals surface area contributed by atoms with Gasteiger partial charge in [0.25, 0.3) is 0 Å². The number of rotatable bonds is 7. The third-order valence-electron chi connectivity index (χ3n) is 14.0. The van der Waals surface area contributed by atoms with Gasteiger partial charge in [0.1, 0.15) is 28.7 Å². The standard InChI is InChI=1S/C25H33BrO4.C23H29IO4.C8H10BBrO2/c1-15-10-18(26)11-16(2)22(15)23-19(27)13-25(14-20(23)28)8-6-17(7-9-25)12-21(29)30-24(3,4)5;1-22(2,3)28-20(27)13-16-9-11-23(12-10-16)14-18(25)21(19(26)15-23)24-17-7-5-4-6-8-17;1-5-3-7(10)4-6(2)8(5)9(11)12/h10-11,17,23H,6-9,12-14H2,1-5H3;4-8,16H,9-15H2,1-3H3;3-4,11-12H,1-2H3. The maximum Gasteiger partial charge on any atom is 0.488 e. The van der Waals surface area contributed by atoms with Gasteiger partial charge in [0, 0.05) is 51.0 Å². The molecule has 4 fully saturated rings. The van der Waals surface area contributed by atoms with Crippen molar-refractivity contribution in [3.8, 4) is 0 Å². The Kier molecular flexibility index (Phi) is 20.0. The molecule has 4 saturated carbocycles. The molecule has 10 nitrogen and oxygen atoms in total. The average molecular weight is 1200 g/mol. The molecule has 380 valence electrons. The summed E-state index contributed by atoms with van der Waals surface area (Å²) in [6, 6.07) is 17.6. The van der Waals surface area contributed by atoms with Crippen molar-refractivity contribution in [3.63, 3.8) is 0 Å². The van der Waals surface area contributed by atoms with Gasteiger partial charge in [0.05, 0.1) is 3.51 Å². The average Bonchev–Trinajstić information content (AvgIpc) is 3.21. The number of hydrogen-bond acceptors (Lipinski definition) is 10. The van der Waals surface area contributed by atoms with Gasteiger partial charge in [-0.05, 0) is 213 Å². The van der Waals surface area contributed by atoms with E-state index in [0.29, 0.717) is 53.4 Å². The molecule has 4 aliphatic carbocycles. The molecule has 0 unspecified atom stereocenters. The second-order valence-corrected chi connectivity index (χ2v) is 27.1. The number of halogens is 3. The van der Waals surface area contributed by atoms with Crippen LogP contribution < -0.4 is 5.46 Å². The van der Waals surface area contributed by atoms with Gasteiger partial charge < -0.3 is 19.5 Å². The number of carbonyl (C=O) groups excluding carboxylic acids is 6. The van der Waals surface area contributed by atoms with Crippen LogP contribution >= 0.6 is 52.6 Å². The highest BCUT2D eigenvalue weighted by molar-refractivity contribution is 14.2. The van der Waals surface area contributed by atoms with E-state index in [1.165, 1.54) is 0 Å². The number of Topliss-reactive ketones (excluding diaryl/α,β-unsaturated/α-hetero) is 4. The molecular weight excluding hydrogens is 1130 g/mol. The fourth-order valence-electron chi connectivity index (χ4n) is 10.9. The SMILES string of the molecule is CC(C)(C)OC(=O)CC1CCC2(CC1)CC(=O)C(=Ic1ccccc1)C(=O)C2.Cc1cc(Br)cc(C)c1B(O)O.Cc1cc(Br)cc(C)c1C1C(=O)CC2(CCC(CC(=O)OC(C)(C)C)CC2)CC1=O. The predicted molar refractivity (Wildman–Crippen MR) is 292 cm³/mol. The minimum absolute atomic E-state index is 0.0605. The number of ether oxygens (including phenoxy) is 2. The van der Waals surface area contributed by atoms with E-state index in [1.807, 2.05) is 124 Å². The molecule has 2 spiro atoms. The van der Waals surface area contributed by atoms with Crippen molar-refractivity contribution >= 4 is 104 Å². The van der Waals surface area contributed by atoms with E-state index in [9.17, 15) is 28.8 Å². The Morgan fingerprint density at radius 1 is 0.629 bits per heavy atom. The zero-order valence-electron chi connectivity index (χ0n) is 42.7. The van der Waals surface area contributed by atoms with E-state index in [-0.39, 0.29) is 51.8 Å². The first kappa shape index (κ1) is 57.7. The second-order valence-electron chi connectivity index (χ2n) is 22.4. The zero-order valence-corrected chi connectivity index (χ0v) is 48.0. The molecule has 0 aliphatic heterocycles. The van der Waals surface area contributed by atoms with E-state index >= 15 is 0 Å². The van der Waals surface area contributed by atoms with Crippen molar-refractivity contribution in [2.45, 2.75) is 176 Å². The Hall–Kier alpha value is -3.18. The summed E-state index contributed by atoms with van der Waals surface area (Å²) in [6.07, 6.45) is 9.72. The molecule has 14 heteroatoms. The van der Waals surface area contributed by atoms with Crippen molar-refractivity contribution in [1.82, 2.24) is 0 Å². The fraction of sp³-hybridized carbons (Fsp3) is 0.554. The molecule has 0 atom stereocenters. The molecule has 0 heterocycles. The van der Waals surface area contributed by atoms with Crippen LogP contribution in [0.1, 0.15) is 165 Å². The third-order valence-corrected chi connectivity index (χ3v) is 18.0. The maximum absolute atomic E-state index is 13.2. The molecule has 0 radical (unpaired) electrons. The molecule has 0 amide bonds. The van der Waals surface area contributed by atoms with Gasteiger partial charge in [-0.2, -0.15) is 0 Å². The number of aryl methyl sites for hydroxylation is 4. The van der Waals surface area contributed by atoms with Crippen LogP contribution in [-0.2, 0) is 38.2 Å². The molecule has 70 heavy (non-hydrogen) atoms. The van der Waals surface area contributed by atoms with Crippen molar-refractivity contribution < 1.29 is 48.3 Å². The number of carbonyl (C=O) groups is 6. The highest BCUT2D eigenvalue weighted by atomic mass is 127. The Morgan fingerprint density at radius 3 is 1.37 bits per heavy atom. The minimum atomic E-state index is -1.38. The van der Waals surface area contributed by atoms with Crippen molar-refractivity contribution in [2.24, 2.45) is 22.7 Å². The smallest absolute Gasteiger partial charge is 0.460 e. The number of ketones is 4. The number of benzene rings is 3. The summed E-state index contributed by atoms with van der Waals surface area (Å²) in [4.78, 5) is 76.2. The van der Waals surface area contributed by atoms with Gasteiger partial charge in [-0.3, -0.25) is 28.8 Å². The lowest BCUT2D eigenvalue weighted by atomic mass is 9.59. The lowest BCUT2D eigenvalue weighted by molar-refractivity contribution is -0.157. The molecule has 3 aromatic rings. The van der Waals surface area contributed by atoms with Gasteiger partial charge in [-0.15, -0.1) is 0 Å². The summed E-state index contributed by atoms with van der Waals surface area (Å²) in [6.45, 7) is 18.9. The van der Waals surface area contributed by atoms with Gasteiger partial charge in [0.2, 0.25) is 0 Å². The van der Waals surface area contributed by atoms with E-state index in [2.05, 4.69) is 31.9 Å². The van der Waals surface area contributed by atoms with Crippen LogP contribution in [0, 0.1) is 53.9 Å². The first-order valence-electron chi connectivity index (χ1n) is 24.6. The molecule has 7 rings (SSSR count). The highest BCUT2D eigenvalue weighted by Crippen LogP contribution is 2.51. The monoisotopic (exact) mass is 1200 g/mol. The minimum Gasteiger partial charge on any atom is -0.460 e. The number of hydrogen-bond donors (Lipinski definition) is 2. The van der Waals surface area contributed by atoms with Crippen molar-refractivity contribution in [3.05, 3.63) is 94.9 Å². The van der Waals surface area contributed by atoms with E-state index in [1.54, 1.807) is 0 Å². The summed E-state index contributed by atoms with van der Waals surface area (Å²) < 4.78 is 14.5. The van der Waals surface area contributed by atoms with Crippen LogP contribution in [0.15, 0.2) is 63.5 Å². The summed E-state index contributed by atoms with van der Waals surface area (Å²) in [7, 11) is -1.38. The summed E-state index contributed by atoms with van der Waals surface area (Å²) >= 11 is 6.13. The van der Waals surface area contributed by atoms with Crippen LogP contribution in [0.4, 0.5) is 0 Å². The molecule has 2 N–H and O–H groups in total. The van der Waals surface area contributed by atoms with Crippen molar-refractivity contribution in [1.29, 1.82) is 0 Å². The Bertz CT molecular complexity index is 2360. The van der Waals surface area contributed by atoms with Crippen LogP contribution in [0.5, 0.6) is 0 Å². The van der Waals surface area contributed by atoms with Crippen LogP contribution in [0.25, 0.3) is 0 Å². The Labute approximate surface area is 442 Å². The summed E-state index contributed by atoms with van der Waals surface area (Å²) in [5, 5.41) is 18.0. The van der Waals surface area contributed by atoms with Gasteiger partial charge in [-0.25, -0.2) is 0 Å². The topological polar surface area (TPSA) is 161 Å². The fourth-order valence-corrected chi connectivity index (χ4v) is 14.6. The normalized spacial score (nSPS) is 23.8. The largest absolute Gasteiger partial charge is 0.488 e. The predicted octanol–water partition coefficient (Wildman–Crippen LogP) is 11.6. The lowest BCUT2D eigenvalue weighted by Gasteiger charge is -2.43. The van der Waals surface area contributed by atoms with Crippen LogP contribution in [0.2, 0.25) is 0 Å². The molecule has 0 bridgehead atoms. The highest BCUT2D eigenvalue weighted by Gasteiger charge is 2.48. The lowest BCUT2D eigenvalue weighted by Crippen LogP contribution is -2.42. The molecule has 0 aromatic heterocycles. The zero-order chi connectivity index (χ0) is 51.9. The first-order chi connectivity index (χ1) is 32.6. The maximum atomic E-state index is 13.2. The van der Waals surface area contributed by atoms with Gasteiger partial charge in [-0.1, -0.05) is 70.8 Å². The van der Waals surface area contributed by atoms with E-state index in [0.717, 1.165) is 91.7 Å². The molecular formula is C56H72BBr2IO10. The molecule has 4 aliphatic rings. The summed E-state index contributed by atoms with van der Waals surface area (Å²) in [5.41, 5.74) is 3.93. The quantitative estimate of drug-likeness (QED) is 0.101. The Morgan fingerprint density at radius 2 is 1.00 bits per heavy atom. The van der Waals surface area contributed by atoms with E-state index < -0.39 is 45.0 Å². The van der Waals surface area contributed by atoms with E-state index in [4.69, 9.17) is 19.5 Å². The molecule has 0 saturated heterocycles. The van der Waals surface area contributed by atoms with Gasteiger partial charge >= 0.3 is 19.1 Å². The third kappa shape index (κ3) is 16.4. The van der Waals surface area contributed by atoms with Crippen LogP contribution in [-0.4, -0.2) is 66.9 Å². The van der Waals surface area contributed by atoms with Gasteiger partial charge in [0.15, 0.2) is 11.6 Å².